The number of amides is 1. The predicted molar refractivity (Wildman–Crippen MR) is 145 cm³/mol. The second-order valence-corrected chi connectivity index (χ2v) is 12.6. The van der Waals surface area contributed by atoms with Gasteiger partial charge < -0.3 is 15.4 Å². The van der Waals surface area contributed by atoms with Crippen molar-refractivity contribution in [3.63, 3.8) is 0 Å². The van der Waals surface area contributed by atoms with Gasteiger partial charge in [0.25, 0.3) is 5.91 Å². The molecule has 39 heavy (non-hydrogen) atoms. The first-order valence-corrected chi connectivity index (χ1v) is 15.2. The number of sulfonamides is 1. The van der Waals surface area contributed by atoms with Gasteiger partial charge in [-0.1, -0.05) is 0 Å². The molecular formula is C25H30FN7O4S2. The molecule has 2 fully saturated rings. The van der Waals surface area contributed by atoms with Crippen molar-refractivity contribution in [3.05, 3.63) is 47.1 Å². The number of aromatic nitrogens is 4. The van der Waals surface area contributed by atoms with Gasteiger partial charge in [-0.15, -0.1) is 11.3 Å². The van der Waals surface area contributed by atoms with E-state index in [-0.39, 0.29) is 10.3 Å². The highest BCUT2D eigenvalue weighted by Crippen LogP contribution is 2.39. The van der Waals surface area contributed by atoms with Crippen molar-refractivity contribution in [1.29, 1.82) is 0 Å². The van der Waals surface area contributed by atoms with Crippen molar-refractivity contribution in [1.82, 2.24) is 24.8 Å². The van der Waals surface area contributed by atoms with Crippen LogP contribution in [0.2, 0.25) is 0 Å². The number of nitrogens with one attached hydrogen (secondary N) is 1. The average molecular weight is 576 g/mol. The Balaban J connectivity index is 1.55. The number of alkyl halides is 1. The second-order valence-electron chi connectivity index (χ2n) is 9.62. The van der Waals surface area contributed by atoms with E-state index in [1.54, 1.807) is 18.3 Å². The summed E-state index contributed by atoms with van der Waals surface area (Å²) < 4.78 is 47.2. The van der Waals surface area contributed by atoms with E-state index in [1.807, 2.05) is 11.8 Å². The average Bonchev–Trinajstić information content (AvgIpc) is 3.56. The van der Waals surface area contributed by atoms with E-state index in [4.69, 9.17) is 10.5 Å². The third kappa shape index (κ3) is 6.50. The lowest BCUT2D eigenvalue weighted by atomic mass is 9.94. The van der Waals surface area contributed by atoms with Crippen LogP contribution < -0.4 is 15.2 Å². The van der Waals surface area contributed by atoms with Crippen LogP contribution in [-0.2, 0) is 10.0 Å². The summed E-state index contributed by atoms with van der Waals surface area (Å²) in [4.78, 5) is 32.7. The van der Waals surface area contributed by atoms with Crippen LogP contribution in [0.5, 0.6) is 5.88 Å². The second kappa shape index (κ2) is 11.5. The Hall–Kier alpha value is -3.23. The molecule has 0 bridgehead atoms. The monoisotopic (exact) mass is 575 g/mol. The lowest BCUT2D eigenvalue weighted by molar-refractivity contribution is 0.0999. The number of nitrogens with zero attached hydrogens (tertiary/aromatic N) is 5. The Labute approximate surface area is 230 Å². The standard InChI is InChI=1S/C25H30FN7O4S2/c1-2-37-21-13-28-12-20(30-21)23-22(31-25(38-23)24(27)34)18(7-10-33-9-6-15(26)14-33)19-11-16(5-8-29-19)32-39(35,36)17-3-4-17/h5,8,11-13,15,17-18H,2-4,6-7,9-10,14H2,1H3,(H2,27,34)(H,29,32)/t15-,18+/m1/s1. The molecule has 3 N–H and O–H groups in total. The number of thiazole rings is 1. The van der Waals surface area contributed by atoms with Gasteiger partial charge in [0.15, 0.2) is 5.01 Å². The summed E-state index contributed by atoms with van der Waals surface area (Å²) in [6.07, 6.45) is 5.98. The number of primary amides is 1. The number of ether oxygens (including phenoxy) is 1. The zero-order valence-corrected chi connectivity index (χ0v) is 23.0. The SMILES string of the molecule is CCOc1cncc(-c2sc(C(N)=O)nc2[C@@H](CCN2CC[C@@H](F)C2)c2cc(NS(=O)(=O)C3CC3)ccn2)n1. The number of pyridine rings is 1. The minimum absolute atomic E-state index is 0.101. The maximum atomic E-state index is 13.9. The molecule has 3 aromatic rings. The largest absolute Gasteiger partial charge is 0.477 e. The van der Waals surface area contributed by atoms with E-state index >= 15 is 0 Å². The first-order chi connectivity index (χ1) is 18.7. The summed E-state index contributed by atoms with van der Waals surface area (Å²) in [7, 11) is -3.48. The summed E-state index contributed by atoms with van der Waals surface area (Å²) >= 11 is 1.10. The molecule has 208 valence electrons. The van der Waals surface area contributed by atoms with E-state index in [2.05, 4.69) is 24.7 Å². The van der Waals surface area contributed by atoms with Gasteiger partial charge in [0.1, 0.15) is 11.9 Å². The number of nitrogens with two attached hydrogens (primary N) is 1. The van der Waals surface area contributed by atoms with Crippen LogP contribution in [-0.4, -0.2) is 76.8 Å². The maximum absolute atomic E-state index is 13.9. The van der Waals surface area contributed by atoms with E-state index in [0.29, 0.717) is 85.5 Å². The van der Waals surface area contributed by atoms with Crippen molar-refractivity contribution in [3.8, 4) is 16.5 Å². The third-order valence-electron chi connectivity index (χ3n) is 6.64. The van der Waals surface area contributed by atoms with Gasteiger partial charge in [-0.3, -0.25) is 19.5 Å². The zero-order chi connectivity index (χ0) is 27.6. The number of halogens is 1. The topological polar surface area (TPSA) is 153 Å². The molecule has 2 aliphatic rings. The zero-order valence-electron chi connectivity index (χ0n) is 21.4. The summed E-state index contributed by atoms with van der Waals surface area (Å²) in [6.45, 7) is 3.78. The number of hydrogen-bond donors (Lipinski definition) is 2. The molecule has 3 aromatic heterocycles. The Morgan fingerprint density at radius 1 is 1.31 bits per heavy atom. The molecule has 4 heterocycles. The van der Waals surface area contributed by atoms with Crippen molar-refractivity contribution in [2.24, 2.45) is 5.73 Å². The van der Waals surface area contributed by atoms with Crippen LogP contribution in [0.15, 0.2) is 30.7 Å². The van der Waals surface area contributed by atoms with Crippen LogP contribution in [0.1, 0.15) is 59.7 Å². The fourth-order valence-corrected chi connectivity index (χ4v) is 6.90. The summed E-state index contributed by atoms with van der Waals surface area (Å²) in [5, 5.41) is -0.280. The normalized spacial score (nSPS) is 18.7. The Morgan fingerprint density at radius 3 is 2.82 bits per heavy atom. The highest BCUT2D eigenvalue weighted by Gasteiger charge is 2.36. The molecule has 1 saturated heterocycles. The smallest absolute Gasteiger partial charge is 0.277 e. The van der Waals surface area contributed by atoms with Gasteiger partial charge in [-0.2, -0.15) is 0 Å². The molecule has 5 rings (SSSR count). The number of anilines is 1. The number of rotatable bonds is 12. The fourth-order valence-electron chi connectivity index (χ4n) is 4.59. The highest BCUT2D eigenvalue weighted by atomic mass is 32.2. The van der Waals surface area contributed by atoms with E-state index in [0.717, 1.165) is 11.3 Å². The molecule has 0 radical (unpaired) electrons. The molecule has 0 spiro atoms. The fraction of sp³-hybridized carbons (Fsp3) is 0.480. The molecule has 0 unspecified atom stereocenters. The third-order valence-corrected chi connectivity index (χ3v) is 9.62. The summed E-state index contributed by atoms with van der Waals surface area (Å²) in [5.74, 6) is -0.822. The number of hydrogen-bond acceptors (Lipinski definition) is 10. The number of carbonyl (C=O) groups excluding carboxylic acids is 1. The number of likely N-dealkylation sites (tertiary alicyclic amines) is 1. The van der Waals surface area contributed by atoms with Gasteiger partial charge in [-0.05, 0) is 51.3 Å². The van der Waals surface area contributed by atoms with Crippen molar-refractivity contribution >= 4 is 33.0 Å². The molecule has 11 nitrogen and oxygen atoms in total. The Morgan fingerprint density at radius 2 is 2.13 bits per heavy atom. The molecular weight excluding hydrogens is 545 g/mol. The molecule has 1 amide bonds. The molecule has 14 heteroatoms. The van der Waals surface area contributed by atoms with Crippen molar-refractivity contribution in [2.45, 2.75) is 49.9 Å². The van der Waals surface area contributed by atoms with Crippen LogP contribution in [0.3, 0.4) is 0 Å². The molecule has 1 aliphatic carbocycles. The molecule has 1 saturated carbocycles. The van der Waals surface area contributed by atoms with E-state index in [9.17, 15) is 17.6 Å². The predicted octanol–water partition coefficient (Wildman–Crippen LogP) is 2.96. The van der Waals surface area contributed by atoms with Gasteiger partial charge in [0, 0.05) is 25.2 Å². The Kier molecular flexibility index (Phi) is 8.05. The van der Waals surface area contributed by atoms with Crippen LogP contribution >= 0.6 is 11.3 Å². The van der Waals surface area contributed by atoms with Crippen LogP contribution in [0.25, 0.3) is 10.6 Å². The highest BCUT2D eigenvalue weighted by molar-refractivity contribution is 7.93. The Bertz CT molecular complexity index is 1450. The van der Waals surface area contributed by atoms with Crippen LogP contribution in [0, 0.1) is 0 Å². The summed E-state index contributed by atoms with van der Waals surface area (Å²) in [6, 6.07) is 3.28. The molecule has 1 aliphatic heterocycles. The first-order valence-electron chi connectivity index (χ1n) is 12.8. The minimum atomic E-state index is -3.48. The molecule has 0 aromatic carbocycles. The number of carbonyl (C=O) groups is 1. The van der Waals surface area contributed by atoms with Gasteiger partial charge in [-0.25, -0.2) is 22.8 Å². The molecule has 2 atom stereocenters. The first kappa shape index (κ1) is 27.3. The van der Waals surface area contributed by atoms with Crippen molar-refractivity contribution < 1.29 is 22.3 Å². The minimum Gasteiger partial charge on any atom is -0.477 e. The van der Waals surface area contributed by atoms with Crippen molar-refractivity contribution in [2.75, 3.05) is 31.0 Å². The van der Waals surface area contributed by atoms with E-state index < -0.39 is 28.0 Å². The lowest BCUT2D eigenvalue weighted by Crippen LogP contribution is -2.24. The quantitative estimate of drug-likeness (QED) is 0.332. The summed E-state index contributed by atoms with van der Waals surface area (Å²) in [5.41, 5.74) is 7.54. The van der Waals surface area contributed by atoms with Gasteiger partial charge in [0.05, 0.1) is 46.2 Å². The van der Waals surface area contributed by atoms with Crippen LogP contribution in [0.4, 0.5) is 10.1 Å². The van der Waals surface area contributed by atoms with Gasteiger partial charge >= 0.3 is 0 Å². The van der Waals surface area contributed by atoms with E-state index in [1.165, 1.54) is 12.4 Å². The lowest BCUT2D eigenvalue weighted by Gasteiger charge is -2.21. The maximum Gasteiger partial charge on any atom is 0.277 e. The van der Waals surface area contributed by atoms with Gasteiger partial charge in [0.2, 0.25) is 15.9 Å².